The van der Waals surface area contributed by atoms with Crippen molar-refractivity contribution in [1.29, 1.82) is 5.26 Å². The molecule has 0 heterocycles. The lowest BCUT2D eigenvalue weighted by molar-refractivity contribution is 0.234. The van der Waals surface area contributed by atoms with E-state index in [1.165, 1.54) is 6.07 Å². The van der Waals surface area contributed by atoms with Gasteiger partial charge in [0.2, 0.25) is 0 Å². The standard InChI is InChI=1S/C17H17FN2O2/c1-12(22-14-8-6-13(21-2)7-9-14)11-20-17-5-3-4-16(18)15(17)10-19/h3-9,12,20H,11H2,1-2H3. The van der Waals surface area contributed by atoms with Crippen molar-refractivity contribution in [2.45, 2.75) is 13.0 Å². The highest BCUT2D eigenvalue weighted by Crippen LogP contribution is 2.20. The molecule has 0 aromatic heterocycles. The first-order valence-corrected chi connectivity index (χ1v) is 6.87. The average Bonchev–Trinajstić information content (AvgIpc) is 2.53. The second kappa shape index (κ2) is 7.32. The maximum absolute atomic E-state index is 13.5. The van der Waals surface area contributed by atoms with E-state index < -0.39 is 5.82 Å². The minimum atomic E-state index is -0.531. The van der Waals surface area contributed by atoms with E-state index in [0.29, 0.717) is 12.2 Å². The molecule has 114 valence electrons. The number of nitrogens with zero attached hydrogens (tertiary/aromatic N) is 1. The van der Waals surface area contributed by atoms with E-state index in [-0.39, 0.29) is 11.7 Å². The first-order valence-electron chi connectivity index (χ1n) is 6.87. The third-order valence-corrected chi connectivity index (χ3v) is 3.10. The van der Waals surface area contributed by atoms with E-state index in [0.717, 1.165) is 11.5 Å². The molecule has 1 unspecified atom stereocenters. The van der Waals surface area contributed by atoms with Crippen LogP contribution >= 0.6 is 0 Å². The van der Waals surface area contributed by atoms with Crippen LogP contribution in [0.1, 0.15) is 12.5 Å². The topological polar surface area (TPSA) is 54.3 Å². The summed E-state index contributed by atoms with van der Waals surface area (Å²) < 4.78 is 24.3. The quantitative estimate of drug-likeness (QED) is 0.886. The molecular formula is C17H17FN2O2. The molecule has 0 aliphatic heterocycles. The first kappa shape index (κ1) is 15.6. The molecule has 0 radical (unpaired) electrons. The zero-order valence-electron chi connectivity index (χ0n) is 12.5. The number of methoxy groups -OCH3 is 1. The summed E-state index contributed by atoms with van der Waals surface area (Å²) >= 11 is 0. The lowest BCUT2D eigenvalue weighted by atomic mass is 10.2. The average molecular weight is 300 g/mol. The Labute approximate surface area is 129 Å². The molecule has 5 heteroatoms. The van der Waals surface area contributed by atoms with Crippen molar-refractivity contribution in [3.8, 4) is 17.6 Å². The lowest BCUT2D eigenvalue weighted by Crippen LogP contribution is -2.23. The van der Waals surface area contributed by atoms with Gasteiger partial charge in [-0.2, -0.15) is 5.26 Å². The third kappa shape index (κ3) is 3.89. The zero-order valence-corrected chi connectivity index (χ0v) is 12.5. The van der Waals surface area contributed by atoms with Crippen LogP contribution in [0, 0.1) is 17.1 Å². The highest BCUT2D eigenvalue weighted by molar-refractivity contribution is 5.57. The molecule has 0 aliphatic carbocycles. The van der Waals surface area contributed by atoms with Gasteiger partial charge >= 0.3 is 0 Å². The van der Waals surface area contributed by atoms with Gasteiger partial charge < -0.3 is 14.8 Å². The predicted molar refractivity (Wildman–Crippen MR) is 82.7 cm³/mol. The van der Waals surface area contributed by atoms with E-state index in [2.05, 4.69) is 5.32 Å². The Morgan fingerprint density at radius 2 is 1.86 bits per heavy atom. The van der Waals surface area contributed by atoms with E-state index in [4.69, 9.17) is 14.7 Å². The van der Waals surface area contributed by atoms with Crippen LogP contribution in [0.4, 0.5) is 10.1 Å². The largest absolute Gasteiger partial charge is 0.497 e. The Kier molecular flexibility index (Phi) is 5.21. The Bertz CT molecular complexity index is 665. The van der Waals surface area contributed by atoms with Crippen LogP contribution in [0.3, 0.4) is 0 Å². The fourth-order valence-electron chi connectivity index (χ4n) is 1.97. The van der Waals surface area contributed by atoms with Crippen molar-refractivity contribution >= 4 is 5.69 Å². The van der Waals surface area contributed by atoms with Crippen LogP contribution in [-0.4, -0.2) is 19.8 Å². The maximum Gasteiger partial charge on any atom is 0.143 e. The molecule has 0 saturated carbocycles. The van der Waals surface area contributed by atoms with E-state index in [9.17, 15) is 4.39 Å². The van der Waals surface area contributed by atoms with E-state index in [1.807, 2.05) is 37.3 Å². The van der Waals surface area contributed by atoms with E-state index in [1.54, 1.807) is 19.2 Å². The maximum atomic E-state index is 13.5. The zero-order chi connectivity index (χ0) is 15.9. The molecule has 0 saturated heterocycles. The van der Waals surface area contributed by atoms with E-state index >= 15 is 0 Å². The van der Waals surface area contributed by atoms with Gasteiger partial charge in [0, 0.05) is 0 Å². The molecule has 2 rings (SSSR count). The smallest absolute Gasteiger partial charge is 0.143 e. The Balaban J connectivity index is 1.94. The Morgan fingerprint density at radius 3 is 2.50 bits per heavy atom. The number of anilines is 1. The summed E-state index contributed by atoms with van der Waals surface area (Å²) in [5, 5.41) is 12.0. The fraction of sp³-hybridized carbons (Fsp3) is 0.235. The van der Waals surface area contributed by atoms with Crippen LogP contribution in [0.2, 0.25) is 0 Å². The molecule has 4 nitrogen and oxygen atoms in total. The molecule has 2 aromatic carbocycles. The molecular weight excluding hydrogens is 283 g/mol. The van der Waals surface area contributed by atoms with Gasteiger partial charge in [-0.1, -0.05) is 6.07 Å². The van der Waals surface area contributed by atoms with Crippen molar-refractivity contribution in [1.82, 2.24) is 0 Å². The summed E-state index contributed by atoms with van der Waals surface area (Å²) in [6.45, 7) is 2.34. The number of hydrogen-bond donors (Lipinski definition) is 1. The molecule has 0 fully saturated rings. The molecule has 22 heavy (non-hydrogen) atoms. The highest BCUT2D eigenvalue weighted by Gasteiger charge is 2.09. The lowest BCUT2D eigenvalue weighted by Gasteiger charge is -2.17. The van der Waals surface area contributed by atoms with Crippen LogP contribution in [0.15, 0.2) is 42.5 Å². The second-order valence-electron chi connectivity index (χ2n) is 4.76. The van der Waals surface area contributed by atoms with Gasteiger partial charge in [0.15, 0.2) is 0 Å². The van der Waals surface area contributed by atoms with Crippen molar-refractivity contribution in [3.63, 3.8) is 0 Å². The number of ether oxygens (including phenoxy) is 2. The van der Waals surface area contributed by atoms with Crippen molar-refractivity contribution in [3.05, 3.63) is 53.8 Å². The van der Waals surface area contributed by atoms with Crippen LogP contribution in [0.5, 0.6) is 11.5 Å². The molecule has 1 N–H and O–H groups in total. The SMILES string of the molecule is COc1ccc(OC(C)CNc2cccc(F)c2C#N)cc1. The minimum absolute atomic E-state index is 0.0131. The third-order valence-electron chi connectivity index (χ3n) is 3.10. The number of hydrogen-bond acceptors (Lipinski definition) is 4. The van der Waals surface area contributed by atoms with Crippen LogP contribution < -0.4 is 14.8 Å². The van der Waals surface area contributed by atoms with Crippen molar-refractivity contribution in [2.24, 2.45) is 0 Å². The van der Waals surface area contributed by atoms with Gasteiger partial charge in [0.25, 0.3) is 0 Å². The number of benzene rings is 2. The molecule has 2 aromatic rings. The number of nitrogens with one attached hydrogen (secondary N) is 1. The molecule has 0 amide bonds. The number of halogens is 1. The van der Waals surface area contributed by atoms with Crippen LogP contribution in [0.25, 0.3) is 0 Å². The summed E-state index contributed by atoms with van der Waals surface area (Å²) in [6.07, 6.45) is -0.150. The van der Waals surface area contributed by atoms with Gasteiger partial charge in [-0.25, -0.2) is 4.39 Å². The van der Waals surface area contributed by atoms with Gasteiger partial charge in [0.05, 0.1) is 19.3 Å². The van der Waals surface area contributed by atoms with Gasteiger partial charge in [-0.15, -0.1) is 0 Å². The molecule has 0 spiro atoms. The first-order chi connectivity index (χ1) is 10.6. The fourth-order valence-corrected chi connectivity index (χ4v) is 1.97. The summed E-state index contributed by atoms with van der Waals surface area (Å²) in [4.78, 5) is 0. The Morgan fingerprint density at radius 1 is 1.18 bits per heavy atom. The van der Waals surface area contributed by atoms with Gasteiger partial charge in [-0.3, -0.25) is 0 Å². The predicted octanol–water partition coefficient (Wildman–Crippen LogP) is 3.59. The van der Waals surface area contributed by atoms with Crippen molar-refractivity contribution in [2.75, 3.05) is 19.0 Å². The summed E-state index contributed by atoms with van der Waals surface area (Å²) in [6, 6.07) is 13.6. The monoisotopic (exact) mass is 300 g/mol. The second-order valence-corrected chi connectivity index (χ2v) is 4.76. The number of rotatable bonds is 6. The Hall–Kier alpha value is -2.74. The highest BCUT2D eigenvalue weighted by atomic mass is 19.1. The summed E-state index contributed by atoms with van der Waals surface area (Å²) in [5.74, 6) is 0.947. The normalized spacial score (nSPS) is 11.4. The molecule has 1 atom stereocenters. The number of nitriles is 1. The van der Waals surface area contributed by atoms with Gasteiger partial charge in [-0.05, 0) is 43.3 Å². The molecule has 0 bridgehead atoms. The van der Waals surface area contributed by atoms with Crippen molar-refractivity contribution < 1.29 is 13.9 Å². The summed E-state index contributed by atoms with van der Waals surface area (Å²) in [7, 11) is 1.61. The minimum Gasteiger partial charge on any atom is -0.497 e. The van der Waals surface area contributed by atoms with Crippen LogP contribution in [-0.2, 0) is 0 Å². The summed E-state index contributed by atoms with van der Waals surface area (Å²) in [5.41, 5.74) is 0.479. The molecule has 0 aliphatic rings. The van der Waals surface area contributed by atoms with Gasteiger partial charge in [0.1, 0.15) is 35.1 Å².